The lowest BCUT2D eigenvalue weighted by Gasteiger charge is -2.09. The zero-order chi connectivity index (χ0) is 15.0. The van der Waals surface area contributed by atoms with E-state index in [1.807, 2.05) is 19.1 Å². The summed E-state index contributed by atoms with van der Waals surface area (Å²) >= 11 is 6.12. The van der Waals surface area contributed by atoms with E-state index in [0.717, 1.165) is 11.3 Å². The summed E-state index contributed by atoms with van der Waals surface area (Å²) in [6, 6.07) is 9.82. The highest BCUT2D eigenvalue weighted by molar-refractivity contribution is 6.31. The molecule has 0 spiro atoms. The van der Waals surface area contributed by atoms with Gasteiger partial charge in [0.25, 0.3) is 0 Å². The molecule has 3 rings (SSSR count). The summed E-state index contributed by atoms with van der Waals surface area (Å²) in [5.41, 5.74) is 7.87. The molecule has 3 aromatic rings. The fourth-order valence-corrected chi connectivity index (χ4v) is 2.21. The molecule has 7 heteroatoms. The smallest absolute Gasteiger partial charge is 0.187 e. The predicted octanol–water partition coefficient (Wildman–Crippen LogP) is 3.01. The number of hydrogen-bond donors (Lipinski definition) is 1. The Kier molecular flexibility index (Phi) is 3.31. The van der Waals surface area contributed by atoms with Crippen LogP contribution in [0.15, 0.2) is 36.4 Å². The first-order chi connectivity index (χ1) is 10.1. The summed E-state index contributed by atoms with van der Waals surface area (Å²) in [5, 5.41) is 12.3. The first kappa shape index (κ1) is 13.5. The van der Waals surface area contributed by atoms with E-state index in [-0.39, 0.29) is 5.69 Å². The van der Waals surface area contributed by atoms with Gasteiger partial charge in [0.2, 0.25) is 0 Å². The van der Waals surface area contributed by atoms with Crippen LogP contribution in [0.3, 0.4) is 0 Å². The quantitative estimate of drug-likeness (QED) is 0.739. The van der Waals surface area contributed by atoms with Gasteiger partial charge in [-0.25, -0.2) is 4.39 Å². The molecule has 0 aliphatic carbocycles. The number of benzene rings is 2. The largest absolute Gasteiger partial charge is 0.396 e. The van der Waals surface area contributed by atoms with Crippen LogP contribution in [-0.2, 0) is 0 Å². The van der Waals surface area contributed by atoms with E-state index in [2.05, 4.69) is 15.5 Å². The van der Waals surface area contributed by atoms with Crippen molar-refractivity contribution in [2.24, 2.45) is 0 Å². The maximum absolute atomic E-state index is 13.3. The molecule has 1 aromatic heterocycles. The van der Waals surface area contributed by atoms with Crippen molar-refractivity contribution in [3.05, 3.63) is 52.8 Å². The summed E-state index contributed by atoms with van der Waals surface area (Å²) in [7, 11) is 0. The van der Waals surface area contributed by atoms with Gasteiger partial charge in [0.05, 0.1) is 11.4 Å². The average molecular weight is 304 g/mol. The fraction of sp³-hybridized carbons (Fsp3) is 0.0714. The van der Waals surface area contributed by atoms with E-state index in [4.69, 9.17) is 17.3 Å². The molecule has 0 saturated carbocycles. The maximum Gasteiger partial charge on any atom is 0.187 e. The van der Waals surface area contributed by atoms with E-state index < -0.39 is 5.82 Å². The molecule has 0 saturated heterocycles. The van der Waals surface area contributed by atoms with E-state index in [1.165, 1.54) is 12.1 Å². The molecule has 0 unspecified atom stereocenters. The van der Waals surface area contributed by atoms with Gasteiger partial charge in [-0.3, -0.25) is 0 Å². The molecule has 2 N–H and O–H groups in total. The van der Waals surface area contributed by atoms with Crippen LogP contribution >= 0.6 is 11.6 Å². The Morgan fingerprint density at radius 1 is 1.24 bits per heavy atom. The molecular weight excluding hydrogens is 293 g/mol. The van der Waals surface area contributed by atoms with Crippen molar-refractivity contribution < 1.29 is 4.39 Å². The van der Waals surface area contributed by atoms with Crippen LogP contribution in [0.5, 0.6) is 0 Å². The van der Waals surface area contributed by atoms with Gasteiger partial charge >= 0.3 is 0 Å². The van der Waals surface area contributed by atoms with Gasteiger partial charge in [-0.05, 0) is 53.2 Å². The van der Waals surface area contributed by atoms with Crippen molar-refractivity contribution >= 4 is 17.3 Å². The van der Waals surface area contributed by atoms with Crippen LogP contribution < -0.4 is 5.73 Å². The number of halogens is 2. The molecule has 2 aromatic carbocycles. The van der Waals surface area contributed by atoms with Gasteiger partial charge in [0.15, 0.2) is 5.82 Å². The summed E-state index contributed by atoms with van der Waals surface area (Å²) in [4.78, 5) is 0. The first-order valence-electron chi connectivity index (χ1n) is 6.17. The zero-order valence-corrected chi connectivity index (χ0v) is 11.8. The summed E-state index contributed by atoms with van der Waals surface area (Å²) in [6.07, 6.45) is 0. The van der Waals surface area contributed by atoms with Gasteiger partial charge < -0.3 is 5.73 Å². The normalized spacial score (nSPS) is 10.8. The van der Waals surface area contributed by atoms with Crippen LogP contribution in [0.4, 0.5) is 10.1 Å². The number of nitrogens with two attached hydrogens (primary N) is 1. The summed E-state index contributed by atoms with van der Waals surface area (Å²) in [6.45, 7) is 1.88. The molecule has 5 nitrogen and oxygen atoms in total. The Labute approximate surface area is 125 Å². The molecule has 0 atom stereocenters. The number of anilines is 1. The van der Waals surface area contributed by atoms with Crippen LogP contribution in [0.2, 0.25) is 5.02 Å². The minimum absolute atomic E-state index is 0.0462. The zero-order valence-electron chi connectivity index (χ0n) is 11.1. The van der Waals surface area contributed by atoms with Crippen LogP contribution in [0.1, 0.15) is 5.56 Å². The number of tetrazole rings is 1. The third kappa shape index (κ3) is 2.34. The van der Waals surface area contributed by atoms with Crippen molar-refractivity contribution in [1.82, 2.24) is 20.2 Å². The standard InChI is InChI=1S/C14H11ClFN5/c1-8-10(15)3-2-4-13(8)21-14(18-19-20-21)9-5-6-11(16)12(17)7-9/h2-7H,17H2,1H3. The molecule has 21 heavy (non-hydrogen) atoms. The number of nitrogens with zero attached hydrogens (tertiary/aromatic N) is 4. The number of aromatic nitrogens is 4. The molecule has 0 fully saturated rings. The van der Waals surface area contributed by atoms with Gasteiger partial charge in [-0.2, -0.15) is 4.68 Å². The molecule has 106 valence electrons. The second-order valence-corrected chi connectivity index (χ2v) is 4.94. The van der Waals surface area contributed by atoms with E-state index in [9.17, 15) is 4.39 Å². The summed E-state index contributed by atoms with van der Waals surface area (Å²) in [5.74, 6) is -0.0104. The summed E-state index contributed by atoms with van der Waals surface area (Å²) < 4.78 is 14.8. The van der Waals surface area contributed by atoms with Gasteiger partial charge in [-0.15, -0.1) is 5.10 Å². The Hall–Kier alpha value is -2.47. The maximum atomic E-state index is 13.3. The van der Waals surface area contributed by atoms with Gasteiger partial charge in [0, 0.05) is 10.6 Å². The topological polar surface area (TPSA) is 69.6 Å². The third-order valence-electron chi connectivity index (χ3n) is 3.19. The number of nitrogen functional groups attached to an aromatic ring is 1. The average Bonchev–Trinajstić information content (AvgIpc) is 2.94. The molecule has 0 aliphatic heterocycles. The van der Waals surface area contributed by atoms with E-state index in [0.29, 0.717) is 16.4 Å². The third-order valence-corrected chi connectivity index (χ3v) is 3.60. The van der Waals surface area contributed by atoms with E-state index >= 15 is 0 Å². The van der Waals surface area contributed by atoms with Gasteiger partial charge in [0.1, 0.15) is 5.82 Å². The molecule has 1 heterocycles. The molecule has 0 radical (unpaired) electrons. The van der Waals surface area contributed by atoms with Crippen molar-refractivity contribution in [2.45, 2.75) is 6.92 Å². The Morgan fingerprint density at radius 2 is 2.05 bits per heavy atom. The predicted molar refractivity (Wildman–Crippen MR) is 78.7 cm³/mol. The van der Waals surface area contributed by atoms with Crippen molar-refractivity contribution in [1.29, 1.82) is 0 Å². The van der Waals surface area contributed by atoms with Crippen molar-refractivity contribution in [3.8, 4) is 17.1 Å². The number of rotatable bonds is 2. The molecule has 0 bridgehead atoms. The SMILES string of the molecule is Cc1c(Cl)cccc1-n1nnnc1-c1ccc(F)c(N)c1. The lowest BCUT2D eigenvalue weighted by atomic mass is 10.1. The minimum atomic E-state index is -0.475. The van der Waals surface area contributed by atoms with Crippen LogP contribution in [0, 0.1) is 12.7 Å². The Bertz CT molecular complexity index is 815. The van der Waals surface area contributed by atoms with Gasteiger partial charge in [-0.1, -0.05) is 17.7 Å². The lowest BCUT2D eigenvalue weighted by molar-refractivity contribution is 0.632. The molecule has 0 amide bonds. The molecule has 0 aliphatic rings. The second kappa shape index (κ2) is 5.14. The number of hydrogen-bond acceptors (Lipinski definition) is 4. The highest BCUT2D eigenvalue weighted by Crippen LogP contribution is 2.26. The van der Waals surface area contributed by atoms with Crippen LogP contribution in [0.25, 0.3) is 17.1 Å². The van der Waals surface area contributed by atoms with E-state index in [1.54, 1.807) is 16.8 Å². The first-order valence-corrected chi connectivity index (χ1v) is 6.55. The second-order valence-electron chi connectivity index (χ2n) is 4.53. The Balaban J connectivity index is 2.17. The fourth-order valence-electron chi connectivity index (χ4n) is 2.04. The molecular formula is C14H11ClFN5. The van der Waals surface area contributed by atoms with Crippen molar-refractivity contribution in [2.75, 3.05) is 5.73 Å². The minimum Gasteiger partial charge on any atom is -0.396 e. The highest BCUT2D eigenvalue weighted by Gasteiger charge is 2.14. The Morgan fingerprint density at radius 3 is 2.81 bits per heavy atom. The van der Waals surface area contributed by atoms with Crippen molar-refractivity contribution in [3.63, 3.8) is 0 Å². The highest BCUT2D eigenvalue weighted by atomic mass is 35.5. The monoisotopic (exact) mass is 303 g/mol. The lowest BCUT2D eigenvalue weighted by Crippen LogP contribution is -2.03. The van der Waals surface area contributed by atoms with Crippen LogP contribution in [-0.4, -0.2) is 20.2 Å².